The normalized spacial score (nSPS) is 12.7. The Balaban J connectivity index is 2.21. The highest BCUT2D eigenvalue weighted by molar-refractivity contribution is 7.07. The quantitative estimate of drug-likeness (QED) is 0.874. The molecule has 0 amide bonds. The van der Waals surface area contributed by atoms with Gasteiger partial charge >= 0.3 is 0 Å². The Morgan fingerprint density at radius 1 is 1.19 bits per heavy atom. The zero-order chi connectivity index (χ0) is 11.5. The lowest BCUT2D eigenvalue weighted by atomic mass is 10.0. The van der Waals surface area contributed by atoms with Crippen LogP contribution in [0.15, 0.2) is 35.0 Å². The lowest BCUT2D eigenvalue weighted by molar-refractivity contribution is 0.540. The SMILES string of the molecule is NC(Cc1c(F)cccc1F)c1ccsc1. The Kier molecular flexibility index (Phi) is 3.31. The smallest absolute Gasteiger partial charge is 0.129 e. The maximum absolute atomic E-state index is 13.4. The Morgan fingerprint density at radius 2 is 1.88 bits per heavy atom. The zero-order valence-corrected chi connectivity index (χ0v) is 9.31. The number of halogens is 2. The molecule has 1 nitrogen and oxygen atoms in total. The van der Waals surface area contributed by atoms with Crippen molar-refractivity contribution in [3.63, 3.8) is 0 Å². The van der Waals surface area contributed by atoms with Crippen LogP contribution < -0.4 is 5.73 Å². The largest absolute Gasteiger partial charge is 0.324 e. The van der Waals surface area contributed by atoms with E-state index in [1.165, 1.54) is 29.5 Å². The van der Waals surface area contributed by atoms with Crippen molar-refractivity contribution in [2.45, 2.75) is 12.5 Å². The van der Waals surface area contributed by atoms with Crippen LogP contribution in [0.3, 0.4) is 0 Å². The summed E-state index contributed by atoms with van der Waals surface area (Å²) in [5, 5.41) is 3.79. The van der Waals surface area contributed by atoms with Crippen LogP contribution in [0, 0.1) is 11.6 Å². The van der Waals surface area contributed by atoms with Crippen LogP contribution in [-0.4, -0.2) is 0 Å². The number of hydrogen-bond donors (Lipinski definition) is 1. The molecule has 1 aromatic carbocycles. The third kappa shape index (κ3) is 2.28. The van der Waals surface area contributed by atoms with Gasteiger partial charge in [0.1, 0.15) is 11.6 Å². The van der Waals surface area contributed by atoms with E-state index >= 15 is 0 Å². The number of thiophene rings is 1. The van der Waals surface area contributed by atoms with E-state index in [1.54, 1.807) is 0 Å². The molecular formula is C12H11F2NS. The van der Waals surface area contributed by atoms with E-state index in [4.69, 9.17) is 5.73 Å². The van der Waals surface area contributed by atoms with Crippen LogP contribution in [0.2, 0.25) is 0 Å². The van der Waals surface area contributed by atoms with Gasteiger partial charge in [-0.25, -0.2) is 8.78 Å². The number of nitrogens with two attached hydrogens (primary N) is 1. The van der Waals surface area contributed by atoms with E-state index in [-0.39, 0.29) is 18.0 Å². The van der Waals surface area contributed by atoms with Gasteiger partial charge in [0.05, 0.1) is 0 Å². The fraction of sp³-hybridized carbons (Fsp3) is 0.167. The molecule has 1 aromatic heterocycles. The first kappa shape index (κ1) is 11.2. The molecule has 0 spiro atoms. The van der Waals surface area contributed by atoms with E-state index in [2.05, 4.69) is 0 Å². The molecule has 0 saturated carbocycles. The molecular weight excluding hydrogens is 228 g/mol. The molecule has 1 heterocycles. The highest BCUT2D eigenvalue weighted by atomic mass is 32.1. The highest BCUT2D eigenvalue weighted by Crippen LogP contribution is 2.21. The average molecular weight is 239 g/mol. The summed E-state index contributed by atoms with van der Waals surface area (Å²) in [6.45, 7) is 0. The maximum atomic E-state index is 13.4. The van der Waals surface area contributed by atoms with E-state index in [0.717, 1.165) is 5.56 Å². The van der Waals surface area contributed by atoms with E-state index in [1.807, 2.05) is 16.8 Å². The molecule has 2 N–H and O–H groups in total. The maximum Gasteiger partial charge on any atom is 0.129 e. The van der Waals surface area contributed by atoms with Gasteiger partial charge in [-0.3, -0.25) is 0 Å². The van der Waals surface area contributed by atoms with Gasteiger partial charge in [0.15, 0.2) is 0 Å². The van der Waals surface area contributed by atoms with Gasteiger partial charge in [-0.1, -0.05) is 6.07 Å². The van der Waals surface area contributed by atoms with Crippen LogP contribution in [-0.2, 0) is 6.42 Å². The molecule has 0 aliphatic carbocycles. The summed E-state index contributed by atoms with van der Waals surface area (Å²) in [5.74, 6) is -1.07. The van der Waals surface area contributed by atoms with Crippen LogP contribution in [0.1, 0.15) is 17.2 Å². The van der Waals surface area contributed by atoms with Crippen molar-refractivity contribution < 1.29 is 8.78 Å². The Morgan fingerprint density at radius 3 is 2.44 bits per heavy atom. The molecule has 84 valence electrons. The molecule has 2 aromatic rings. The first-order chi connectivity index (χ1) is 7.68. The second-order valence-corrected chi connectivity index (χ2v) is 4.35. The summed E-state index contributed by atoms with van der Waals surface area (Å²) >= 11 is 1.52. The standard InChI is InChI=1S/C12H11F2NS/c13-10-2-1-3-11(14)9(10)6-12(15)8-4-5-16-7-8/h1-5,7,12H,6,15H2. The molecule has 0 aliphatic heterocycles. The third-order valence-corrected chi connectivity index (χ3v) is 3.16. The van der Waals surface area contributed by atoms with Crippen molar-refractivity contribution in [2.75, 3.05) is 0 Å². The first-order valence-corrected chi connectivity index (χ1v) is 5.83. The predicted octanol–water partition coefficient (Wildman–Crippen LogP) is 3.27. The molecule has 16 heavy (non-hydrogen) atoms. The molecule has 0 aliphatic rings. The van der Waals surface area contributed by atoms with Crippen molar-refractivity contribution in [1.82, 2.24) is 0 Å². The van der Waals surface area contributed by atoms with Crippen molar-refractivity contribution in [3.05, 3.63) is 57.8 Å². The highest BCUT2D eigenvalue weighted by Gasteiger charge is 2.14. The van der Waals surface area contributed by atoms with Crippen molar-refractivity contribution in [2.24, 2.45) is 5.73 Å². The van der Waals surface area contributed by atoms with E-state index in [9.17, 15) is 8.78 Å². The van der Waals surface area contributed by atoms with Gasteiger partial charge in [-0.15, -0.1) is 0 Å². The van der Waals surface area contributed by atoms with E-state index < -0.39 is 11.6 Å². The summed E-state index contributed by atoms with van der Waals surface area (Å²) in [4.78, 5) is 0. The molecule has 1 atom stereocenters. The molecule has 1 unspecified atom stereocenters. The van der Waals surface area contributed by atoms with Crippen molar-refractivity contribution in [1.29, 1.82) is 0 Å². The lowest BCUT2D eigenvalue weighted by Crippen LogP contribution is -2.14. The third-order valence-electron chi connectivity index (χ3n) is 2.46. The molecule has 0 fully saturated rings. The summed E-state index contributed by atoms with van der Waals surface area (Å²) in [6.07, 6.45) is 0.176. The van der Waals surface area contributed by atoms with Gasteiger partial charge in [0, 0.05) is 11.6 Å². The van der Waals surface area contributed by atoms with Crippen molar-refractivity contribution in [3.8, 4) is 0 Å². The second kappa shape index (κ2) is 4.72. The topological polar surface area (TPSA) is 26.0 Å². The Labute approximate surface area is 96.5 Å². The van der Waals surface area contributed by atoms with Gasteiger partial charge in [-0.2, -0.15) is 11.3 Å². The molecule has 0 saturated heterocycles. The molecule has 2 rings (SSSR count). The minimum absolute atomic E-state index is 0.0567. The Hall–Kier alpha value is -1.26. The van der Waals surface area contributed by atoms with Crippen LogP contribution in [0.4, 0.5) is 8.78 Å². The van der Waals surface area contributed by atoms with Crippen LogP contribution >= 0.6 is 11.3 Å². The average Bonchev–Trinajstić information content (AvgIpc) is 2.76. The lowest BCUT2D eigenvalue weighted by Gasteiger charge is -2.11. The number of benzene rings is 1. The minimum Gasteiger partial charge on any atom is -0.324 e. The monoisotopic (exact) mass is 239 g/mol. The van der Waals surface area contributed by atoms with Gasteiger partial charge in [0.25, 0.3) is 0 Å². The molecule has 0 bridgehead atoms. The fourth-order valence-electron chi connectivity index (χ4n) is 1.55. The van der Waals surface area contributed by atoms with Gasteiger partial charge in [0.2, 0.25) is 0 Å². The fourth-order valence-corrected chi connectivity index (χ4v) is 2.28. The van der Waals surface area contributed by atoms with Crippen LogP contribution in [0.25, 0.3) is 0 Å². The second-order valence-electron chi connectivity index (χ2n) is 3.57. The van der Waals surface area contributed by atoms with E-state index in [0.29, 0.717) is 0 Å². The van der Waals surface area contributed by atoms with Gasteiger partial charge in [-0.05, 0) is 40.9 Å². The molecule has 4 heteroatoms. The van der Waals surface area contributed by atoms with Crippen molar-refractivity contribution >= 4 is 11.3 Å². The summed E-state index contributed by atoms with van der Waals surface area (Å²) < 4.78 is 26.7. The summed E-state index contributed by atoms with van der Waals surface area (Å²) in [6, 6.07) is 5.35. The Bertz CT molecular complexity index is 448. The first-order valence-electron chi connectivity index (χ1n) is 4.89. The minimum atomic E-state index is -0.536. The summed E-state index contributed by atoms with van der Waals surface area (Å²) in [5.41, 5.74) is 6.85. The summed E-state index contributed by atoms with van der Waals surface area (Å²) in [7, 11) is 0. The number of hydrogen-bond acceptors (Lipinski definition) is 2. The molecule has 0 radical (unpaired) electrons. The van der Waals surface area contributed by atoms with Crippen LogP contribution in [0.5, 0.6) is 0 Å². The predicted molar refractivity (Wildman–Crippen MR) is 61.3 cm³/mol. The number of rotatable bonds is 3. The zero-order valence-electron chi connectivity index (χ0n) is 8.49. The van der Waals surface area contributed by atoms with Gasteiger partial charge < -0.3 is 5.73 Å².